The molecule has 0 spiro atoms. The van der Waals surface area contributed by atoms with Gasteiger partial charge in [0, 0.05) is 44.5 Å². The molecular formula is C42H26N4O2. The molecule has 3 aromatic heterocycles. The number of fused-ring (bicyclic) bond motifs is 9. The molecule has 10 aromatic rings. The molecule has 0 atom stereocenters. The summed E-state index contributed by atoms with van der Waals surface area (Å²) in [5.74, 6) is 0. The lowest BCUT2D eigenvalue weighted by Gasteiger charge is -2.22. The molecule has 7 aromatic carbocycles. The maximum absolute atomic E-state index is 12.9. The molecule has 48 heavy (non-hydrogen) atoms. The molecule has 6 heteroatoms. The van der Waals surface area contributed by atoms with Gasteiger partial charge in [-0.05, 0) is 36.4 Å². The van der Waals surface area contributed by atoms with Crippen LogP contribution in [0.4, 0.5) is 5.69 Å². The first kappa shape index (κ1) is 26.5. The highest BCUT2D eigenvalue weighted by atomic mass is 16.6. The van der Waals surface area contributed by atoms with E-state index < -0.39 is 0 Å². The smallest absolute Gasteiger partial charge is 0.273 e. The molecule has 6 nitrogen and oxygen atoms in total. The van der Waals surface area contributed by atoms with Crippen LogP contribution in [0.15, 0.2) is 158 Å². The fourth-order valence-corrected chi connectivity index (χ4v) is 7.79. The molecule has 0 aliphatic carbocycles. The average molecular weight is 619 g/mol. The summed E-state index contributed by atoms with van der Waals surface area (Å²) in [7, 11) is 0. The SMILES string of the molecule is O=[N+]([O-])c1cc(-n2c3ccccc3c3ccccc32)c(-n2c3ccccc3c3ccccc32)c(-n2c3ccccc3c3ccccc32)c1. The average Bonchev–Trinajstić information content (AvgIpc) is 3.77. The van der Waals surface area contributed by atoms with Crippen LogP contribution in [0.3, 0.4) is 0 Å². The van der Waals surface area contributed by atoms with Crippen molar-refractivity contribution in [3.05, 3.63) is 168 Å². The van der Waals surface area contributed by atoms with Crippen molar-refractivity contribution in [3.8, 4) is 17.1 Å². The Morgan fingerprint density at radius 2 is 0.625 bits per heavy atom. The van der Waals surface area contributed by atoms with Crippen molar-refractivity contribution in [2.75, 3.05) is 0 Å². The van der Waals surface area contributed by atoms with Gasteiger partial charge in [0.15, 0.2) is 0 Å². The van der Waals surface area contributed by atoms with Gasteiger partial charge in [-0.25, -0.2) is 0 Å². The van der Waals surface area contributed by atoms with Crippen LogP contribution in [0.1, 0.15) is 0 Å². The molecule has 0 amide bonds. The van der Waals surface area contributed by atoms with E-state index in [0.29, 0.717) is 0 Å². The van der Waals surface area contributed by atoms with Gasteiger partial charge in [-0.1, -0.05) is 109 Å². The van der Waals surface area contributed by atoms with E-state index in [2.05, 4.69) is 111 Å². The van der Waals surface area contributed by atoms with Crippen molar-refractivity contribution >= 4 is 71.1 Å². The van der Waals surface area contributed by atoms with Crippen LogP contribution in [0, 0.1) is 10.1 Å². The number of hydrogen-bond acceptors (Lipinski definition) is 2. The van der Waals surface area contributed by atoms with E-state index in [0.717, 1.165) is 82.5 Å². The monoisotopic (exact) mass is 618 g/mol. The molecule has 0 bridgehead atoms. The van der Waals surface area contributed by atoms with E-state index in [9.17, 15) is 10.1 Å². The lowest BCUT2D eigenvalue weighted by Crippen LogP contribution is -2.10. The van der Waals surface area contributed by atoms with Crippen molar-refractivity contribution in [3.63, 3.8) is 0 Å². The molecule has 0 saturated carbocycles. The van der Waals surface area contributed by atoms with Gasteiger partial charge in [-0.2, -0.15) is 0 Å². The fourth-order valence-electron chi connectivity index (χ4n) is 7.79. The standard InChI is InChI=1S/C42H26N4O2/c47-46(48)27-25-40(43-34-19-7-1-13-28(34)29-14-2-8-20-35(29)43)42(45-38-23-11-5-17-32(38)33-18-6-12-24-39(33)45)41(26-27)44-36-21-9-3-15-30(36)31-16-4-10-22-37(31)44/h1-26H. The van der Waals surface area contributed by atoms with E-state index in [1.165, 1.54) is 0 Å². The molecule has 0 aliphatic heterocycles. The summed E-state index contributed by atoms with van der Waals surface area (Å²) < 4.78 is 6.70. The van der Waals surface area contributed by atoms with Crippen molar-refractivity contribution in [1.82, 2.24) is 13.7 Å². The summed E-state index contributed by atoms with van der Waals surface area (Å²) in [5, 5.41) is 19.5. The van der Waals surface area contributed by atoms with Gasteiger partial charge in [0.05, 0.1) is 55.1 Å². The first-order chi connectivity index (χ1) is 23.7. The predicted molar refractivity (Wildman–Crippen MR) is 196 cm³/mol. The van der Waals surface area contributed by atoms with E-state index >= 15 is 0 Å². The van der Waals surface area contributed by atoms with Crippen LogP contribution in [-0.4, -0.2) is 18.6 Å². The van der Waals surface area contributed by atoms with Crippen LogP contribution in [-0.2, 0) is 0 Å². The van der Waals surface area contributed by atoms with Crippen LogP contribution in [0.2, 0.25) is 0 Å². The highest BCUT2D eigenvalue weighted by Crippen LogP contribution is 2.44. The molecule has 0 fully saturated rings. The fraction of sp³-hybridized carbons (Fsp3) is 0. The van der Waals surface area contributed by atoms with Crippen LogP contribution < -0.4 is 0 Å². The maximum atomic E-state index is 12.9. The number of non-ortho nitro benzene ring substituents is 1. The summed E-state index contributed by atoms with van der Waals surface area (Å²) in [4.78, 5) is 12.6. The largest absolute Gasteiger partial charge is 0.307 e. The van der Waals surface area contributed by atoms with Crippen LogP contribution in [0.25, 0.3) is 82.5 Å². The number of nitrogens with zero attached hydrogens (tertiary/aromatic N) is 4. The van der Waals surface area contributed by atoms with Crippen molar-refractivity contribution in [1.29, 1.82) is 0 Å². The van der Waals surface area contributed by atoms with Gasteiger partial charge in [-0.15, -0.1) is 0 Å². The van der Waals surface area contributed by atoms with Gasteiger partial charge >= 0.3 is 0 Å². The van der Waals surface area contributed by atoms with Crippen LogP contribution in [0.5, 0.6) is 0 Å². The summed E-state index contributed by atoms with van der Waals surface area (Å²) in [6.07, 6.45) is 0. The van der Waals surface area contributed by atoms with Gasteiger partial charge in [0.1, 0.15) is 0 Å². The van der Waals surface area contributed by atoms with E-state index in [-0.39, 0.29) is 10.6 Å². The Labute approximate surface area is 274 Å². The molecule has 0 saturated heterocycles. The third-order valence-corrected chi connectivity index (χ3v) is 9.71. The first-order valence-corrected chi connectivity index (χ1v) is 16.0. The normalized spacial score (nSPS) is 11.9. The number of benzene rings is 7. The lowest BCUT2D eigenvalue weighted by molar-refractivity contribution is -0.384. The molecule has 0 aliphatic rings. The zero-order chi connectivity index (χ0) is 31.9. The Kier molecular flexibility index (Phi) is 5.49. The Morgan fingerprint density at radius 3 is 0.896 bits per heavy atom. The molecule has 10 rings (SSSR count). The summed E-state index contributed by atoms with van der Waals surface area (Å²) in [5.41, 5.74) is 8.31. The zero-order valence-electron chi connectivity index (χ0n) is 25.6. The second kappa shape index (κ2) is 9.92. The second-order valence-corrected chi connectivity index (χ2v) is 12.2. The first-order valence-electron chi connectivity index (χ1n) is 16.0. The predicted octanol–water partition coefficient (Wildman–Crippen LogP) is 10.9. The summed E-state index contributed by atoms with van der Waals surface area (Å²) >= 11 is 0. The number of para-hydroxylation sites is 6. The van der Waals surface area contributed by atoms with Crippen molar-refractivity contribution in [2.45, 2.75) is 0 Å². The third-order valence-electron chi connectivity index (χ3n) is 9.71. The number of hydrogen-bond donors (Lipinski definition) is 0. The molecule has 0 N–H and O–H groups in total. The molecule has 3 heterocycles. The minimum absolute atomic E-state index is 0.0215. The number of aromatic nitrogens is 3. The minimum atomic E-state index is -0.273. The quantitative estimate of drug-likeness (QED) is 0.146. The molecule has 0 radical (unpaired) electrons. The molecular weight excluding hydrogens is 592 g/mol. The van der Waals surface area contributed by atoms with Gasteiger partial charge in [0.25, 0.3) is 5.69 Å². The van der Waals surface area contributed by atoms with Crippen molar-refractivity contribution < 1.29 is 4.92 Å². The topological polar surface area (TPSA) is 57.9 Å². The number of nitro benzene ring substituents is 1. The van der Waals surface area contributed by atoms with Crippen LogP contribution >= 0.6 is 0 Å². The highest BCUT2D eigenvalue weighted by Gasteiger charge is 2.27. The third kappa shape index (κ3) is 3.57. The highest BCUT2D eigenvalue weighted by molar-refractivity contribution is 6.13. The summed E-state index contributed by atoms with van der Waals surface area (Å²) in [6, 6.07) is 53.5. The number of rotatable bonds is 4. The van der Waals surface area contributed by atoms with E-state index in [4.69, 9.17) is 0 Å². The Morgan fingerprint density at radius 1 is 0.375 bits per heavy atom. The van der Waals surface area contributed by atoms with Gasteiger partial charge in [-0.3, -0.25) is 10.1 Å². The summed E-state index contributed by atoms with van der Waals surface area (Å²) in [6.45, 7) is 0. The molecule has 0 unspecified atom stereocenters. The lowest BCUT2D eigenvalue weighted by atomic mass is 10.1. The maximum Gasteiger partial charge on any atom is 0.273 e. The van der Waals surface area contributed by atoms with Gasteiger partial charge in [0.2, 0.25) is 0 Å². The van der Waals surface area contributed by atoms with Crippen molar-refractivity contribution in [2.24, 2.45) is 0 Å². The second-order valence-electron chi connectivity index (χ2n) is 12.2. The zero-order valence-corrected chi connectivity index (χ0v) is 25.6. The van der Waals surface area contributed by atoms with E-state index in [1.54, 1.807) is 12.1 Å². The van der Waals surface area contributed by atoms with Gasteiger partial charge < -0.3 is 13.7 Å². The Bertz CT molecular complexity index is 2650. The number of nitro groups is 1. The van der Waals surface area contributed by atoms with E-state index in [1.807, 2.05) is 48.5 Å². The minimum Gasteiger partial charge on any atom is -0.307 e. The Hall–Kier alpha value is -6.66. The molecule has 226 valence electrons. The Balaban J connectivity index is 1.50.